The highest BCUT2D eigenvalue weighted by Gasteiger charge is 2.18. The van der Waals surface area contributed by atoms with Gasteiger partial charge in [-0.3, -0.25) is 0 Å². The molecular formula is C11H19N5. The van der Waals surface area contributed by atoms with Crippen LogP contribution in [-0.4, -0.2) is 30.1 Å². The van der Waals surface area contributed by atoms with Crippen molar-refractivity contribution >= 4 is 17.6 Å². The molecule has 2 heterocycles. The van der Waals surface area contributed by atoms with Gasteiger partial charge in [0, 0.05) is 26.2 Å². The lowest BCUT2D eigenvalue weighted by atomic mass is 10.0. The zero-order chi connectivity index (χ0) is 11.5. The van der Waals surface area contributed by atoms with Crippen molar-refractivity contribution in [3.63, 3.8) is 0 Å². The van der Waals surface area contributed by atoms with Crippen molar-refractivity contribution in [2.75, 3.05) is 36.1 Å². The second kappa shape index (κ2) is 4.55. The zero-order valence-electron chi connectivity index (χ0n) is 9.90. The van der Waals surface area contributed by atoms with E-state index in [0.29, 0.717) is 5.95 Å². The van der Waals surface area contributed by atoms with Gasteiger partial charge in [-0.15, -0.1) is 0 Å². The third kappa shape index (κ3) is 2.35. The number of piperidine rings is 1. The van der Waals surface area contributed by atoms with Gasteiger partial charge in [0.1, 0.15) is 11.6 Å². The average Bonchev–Trinajstić information content (AvgIpc) is 2.28. The molecule has 1 unspecified atom stereocenters. The first-order valence-corrected chi connectivity index (χ1v) is 5.76. The van der Waals surface area contributed by atoms with Crippen LogP contribution in [0.4, 0.5) is 17.6 Å². The van der Waals surface area contributed by atoms with Crippen molar-refractivity contribution in [3.05, 3.63) is 6.07 Å². The van der Waals surface area contributed by atoms with Gasteiger partial charge in [0.05, 0.1) is 0 Å². The number of nitrogens with two attached hydrogens (primary N) is 1. The molecule has 1 aromatic rings. The van der Waals surface area contributed by atoms with Crippen molar-refractivity contribution in [1.82, 2.24) is 9.97 Å². The van der Waals surface area contributed by atoms with E-state index in [1.807, 2.05) is 13.1 Å². The Balaban J connectivity index is 2.21. The number of anilines is 3. The molecule has 0 saturated carbocycles. The lowest BCUT2D eigenvalue weighted by molar-refractivity contribution is 0.444. The maximum Gasteiger partial charge on any atom is 0.223 e. The molecule has 88 valence electrons. The molecule has 5 heteroatoms. The average molecular weight is 221 g/mol. The molecule has 16 heavy (non-hydrogen) atoms. The summed E-state index contributed by atoms with van der Waals surface area (Å²) < 4.78 is 0. The summed E-state index contributed by atoms with van der Waals surface area (Å²) in [7, 11) is 1.84. The third-order valence-electron chi connectivity index (χ3n) is 2.97. The first kappa shape index (κ1) is 11.0. The molecule has 1 atom stereocenters. The van der Waals surface area contributed by atoms with Gasteiger partial charge in [0.2, 0.25) is 5.95 Å². The quantitative estimate of drug-likeness (QED) is 0.788. The fraction of sp³-hybridized carbons (Fsp3) is 0.636. The molecule has 0 radical (unpaired) electrons. The van der Waals surface area contributed by atoms with Gasteiger partial charge >= 0.3 is 0 Å². The third-order valence-corrected chi connectivity index (χ3v) is 2.97. The molecule has 5 nitrogen and oxygen atoms in total. The number of rotatable bonds is 2. The monoisotopic (exact) mass is 221 g/mol. The van der Waals surface area contributed by atoms with Gasteiger partial charge in [-0.2, -0.15) is 9.97 Å². The van der Waals surface area contributed by atoms with Crippen molar-refractivity contribution in [2.45, 2.75) is 19.8 Å². The SMILES string of the molecule is CNc1cc(N2CCCC(C)C2)nc(N)n1. The Labute approximate surface area is 96.1 Å². The summed E-state index contributed by atoms with van der Waals surface area (Å²) in [6.07, 6.45) is 2.52. The Bertz CT molecular complexity index is 365. The predicted octanol–water partition coefficient (Wildman–Crippen LogP) is 1.34. The molecule has 2 rings (SSSR count). The van der Waals surface area contributed by atoms with E-state index < -0.39 is 0 Å². The molecule has 1 saturated heterocycles. The smallest absolute Gasteiger partial charge is 0.223 e. The number of nitrogens with one attached hydrogen (secondary N) is 1. The molecule has 0 amide bonds. The summed E-state index contributed by atoms with van der Waals surface area (Å²) in [5, 5.41) is 3.00. The van der Waals surface area contributed by atoms with Crippen LogP contribution in [0.1, 0.15) is 19.8 Å². The molecule has 1 aliphatic rings. The number of aromatic nitrogens is 2. The molecular weight excluding hydrogens is 202 g/mol. The molecule has 1 aliphatic heterocycles. The van der Waals surface area contributed by atoms with Gasteiger partial charge in [-0.05, 0) is 18.8 Å². The van der Waals surface area contributed by atoms with E-state index in [0.717, 1.165) is 30.6 Å². The topological polar surface area (TPSA) is 67.1 Å². The van der Waals surface area contributed by atoms with Crippen molar-refractivity contribution in [1.29, 1.82) is 0 Å². The summed E-state index contributed by atoms with van der Waals surface area (Å²) >= 11 is 0. The molecule has 3 N–H and O–H groups in total. The van der Waals surface area contributed by atoms with E-state index in [1.165, 1.54) is 12.8 Å². The van der Waals surface area contributed by atoms with Crippen LogP contribution in [0.15, 0.2) is 6.07 Å². The maximum atomic E-state index is 5.69. The maximum absolute atomic E-state index is 5.69. The van der Waals surface area contributed by atoms with Crippen molar-refractivity contribution < 1.29 is 0 Å². The molecule has 0 spiro atoms. The van der Waals surface area contributed by atoms with Gasteiger partial charge in [-0.1, -0.05) is 6.92 Å². The highest BCUT2D eigenvalue weighted by Crippen LogP contribution is 2.23. The first-order valence-electron chi connectivity index (χ1n) is 5.76. The Hall–Kier alpha value is -1.52. The number of nitrogens with zero attached hydrogens (tertiary/aromatic N) is 3. The molecule has 0 bridgehead atoms. The summed E-state index contributed by atoms with van der Waals surface area (Å²) in [4.78, 5) is 10.7. The van der Waals surface area contributed by atoms with E-state index >= 15 is 0 Å². The Morgan fingerprint density at radius 1 is 1.50 bits per heavy atom. The standard InChI is InChI=1S/C11H19N5/c1-8-4-3-5-16(7-8)10-6-9(13-2)14-11(12)15-10/h6,8H,3-5,7H2,1-2H3,(H3,12,13,14,15). The molecule has 0 aromatic carbocycles. The van der Waals surface area contributed by atoms with Gasteiger partial charge in [0.15, 0.2) is 0 Å². The summed E-state index contributed by atoms with van der Waals surface area (Å²) in [5.41, 5.74) is 5.69. The van der Waals surface area contributed by atoms with Crippen LogP contribution in [0.5, 0.6) is 0 Å². The minimum Gasteiger partial charge on any atom is -0.373 e. The minimum absolute atomic E-state index is 0.333. The summed E-state index contributed by atoms with van der Waals surface area (Å²) in [6.45, 7) is 4.39. The molecule has 0 aliphatic carbocycles. The van der Waals surface area contributed by atoms with Crippen LogP contribution in [0.25, 0.3) is 0 Å². The highest BCUT2D eigenvalue weighted by atomic mass is 15.2. The van der Waals surface area contributed by atoms with Crippen LogP contribution in [-0.2, 0) is 0 Å². The summed E-state index contributed by atoms with van der Waals surface area (Å²) in [5.74, 6) is 2.77. The van der Waals surface area contributed by atoms with E-state index in [2.05, 4.69) is 27.1 Å². The first-order chi connectivity index (χ1) is 7.69. The van der Waals surface area contributed by atoms with Crippen LogP contribution < -0.4 is 16.0 Å². The lowest BCUT2D eigenvalue weighted by Gasteiger charge is -2.31. The van der Waals surface area contributed by atoms with Crippen molar-refractivity contribution in [2.24, 2.45) is 5.92 Å². The fourth-order valence-electron chi connectivity index (χ4n) is 2.14. The van der Waals surface area contributed by atoms with E-state index in [1.54, 1.807) is 0 Å². The number of hydrogen-bond acceptors (Lipinski definition) is 5. The van der Waals surface area contributed by atoms with Gasteiger partial charge < -0.3 is 16.0 Å². The second-order valence-electron chi connectivity index (χ2n) is 4.41. The lowest BCUT2D eigenvalue weighted by Crippen LogP contribution is -2.35. The Morgan fingerprint density at radius 2 is 2.31 bits per heavy atom. The largest absolute Gasteiger partial charge is 0.373 e. The highest BCUT2D eigenvalue weighted by molar-refractivity contribution is 5.52. The second-order valence-corrected chi connectivity index (χ2v) is 4.41. The van der Waals surface area contributed by atoms with Crippen LogP contribution in [0.2, 0.25) is 0 Å². The minimum atomic E-state index is 0.333. The van der Waals surface area contributed by atoms with Crippen molar-refractivity contribution in [3.8, 4) is 0 Å². The normalized spacial score (nSPS) is 20.9. The van der Waals surface area contributed by atoms with Crippen LogP contribution in [0, 0.1) is 5.92 Å². The van der Waals surface area contributed by atoms with Crippen LogP contribution in [0.3, 0.4) is 0 Å². The molecule has 1 fully saturated rings. The van der Waals surface area contributed by atoms with Crippen LogP contribution >= 0.6 is 0 Å². The Kier molecular flexibility index (Phi) is 3.12. The Morgan fingerprint density at radius 3 is 3.00 bits per heavy atom. The fourth-order valence-corrected chi connectivity index (χ4v) is 2.14. The number of nitrogen functional groups attached to an aromatic ring is 1. The van der Waals surface area contributed by atoms with Gasteiger partial charge in [-0.25, -0.2) is 0 Å². The van der Waals surface area contributed by atoms with E-state index in [-0.39, 0.29) is 0 Å². The summed E-state index contributed by atoms with van der Waals surface area (Å²) in [6, 6.07) is 1.95. The number of hydrogen-bond donors (Lipinski definition) is 2. The molecule has 1 aromatic heterocycles. The van der Waals surface area contributed by atoms with E-state index in [4.69, 9.17) is 5.73 Å². The van der Waals surface area contributed by atoms with E-state index in [9.17, 15) is 0 Å². The van der Waals surface area contributed by atoms with Gasteiger partial charge in [0.25, 0.3) is 0 Å². The predicted molar refractivity (Wildman–Crippen MR) is 66.6 cm³/mol. The zero-order valence-corrected chi connectivity index (χ0v) is 9.90.